The Labute approximate surface area is 146 Å². The number of carbonyl (C=O) groups is 1. The molecular weight excluding hydrogens is 317 g/mol. The fourth-order valence-electron chi connectivity index (χ4n) is 2.93. The number of hydrogen-bond donors (Lipinski definition) is 0. The lowest BCUT2D eigenvalue weighted by Crippen LogP contribution is -2.27. The molecule has 0 radical (unpaired) electrons. The molecule has 1 heterocycles. The summed E-state index contributed by atoms with van der Waals surface area (Å²) in [5.74, 6) is -0.430. The number of halogens is 1. The predicted molar refractivity (Wildman–Crippen MR) is 95.2 cm³/mol. The van der Waals surface area contributed by atoms with Crippen LogP contribution in [0.15, 0.2) is 54.6 Å². The summed E-state index contributed by atoms with van der Waals surface area (Å²) in [5, 5.41) is 4.43. The van der Waals surface area contributed by atoms with Crippen LogP contribution in [-0.2, 0) is 6.54 Å². The van der Waals surface area contributed by atoms with Gasteiger partial charge in [-0.05, 0) is 37.6 Å². The Hall–Kier alpha value is -2.95. The van der Waals surface area contributed by atoms with Crippen LogP contribution in [-0.4, -0.2) is 27.6 Å². The Kier molecular flexibility index (Phi) is 4.65. The van der Waals surface area contributed by atoms with E-state index >= 15 is 0 Å². The molecule has 128 valence electrons. The van der Waals surface area contributed by atoms with Crippen LogP contribution < -0.4 is 0 Å². The van der Waals surface area contributed by atoms with Gasteiger partial charge < -0.3 is 4.90 Å². The van der Waals surface area contributed by atoms with Crippen molar-refractivity contribution >= 4 is 5.91 Å². The molecule has 3 aromatic rings. The third-order valence-electron chi connectivity index (χ3n) is 4.17. The van der Waals surface area contributed by atoms with Crippen LogP contribution in [0, 0.1) is 19.7 Å². The first kappa shape index (κ1) is 16.9. The largest absolute Gasteiger partial charge is 0.337 e. The molecule has 1 amide bonds. The molecule has 0 aliphatic rings. The molecule has 5 heteroatoms. The summed E-state index contributed by atoms with van der Waals surface area (Å²) in [5.41, 5.74) is 3.55. The second-order valence-corrected chi connectivity index (χ2v) is 6.08. The van der Waals surface area contributed by atoms with Gasteiger partial charge in [-0.1, -0.05) is 36.4 Å². The molecule has 0 unspecified atom stereocenters. The molecule has 4 nitrogen and oxygen atoms in total. The maximum absolute atomic E-state index is 13.5. The Morgan fingerprint density at radius 3 is 2.52 bits per heavy atom. The number of hydrogen-bond acceptors (Lipinski definition) is 2. The van der Waals surface area contributed by atoms with Crippen LogP contribution >= 0.6 is 0 Å². The molecule has 0 saturated carbocycles. The Morgan fingerprint density at radius 2 is 1.84 bits per heavy atom. The fourth-order valence-corrected chi connectivity index (χ4v) is 2.93. The summed E-state index contributed by atoms with van der Waals surface area (Å²) in [6.07, 6.45) is 0. The van der Waals surface area contributed by atoms with Crippen molar-refractivity contribution in [2.75, 3.05) is 7.05 Å². The molecule has 0 atom stereocenters. The van der Waals surface area contributed by atoms with E-state index in [1.807, 2.05) is 37.3 Å². The standard InChI is InChI=1S/C20H20FN3O/c1-14-19(20(25)23(3)13-16-8-5-4-6-9-16)15(2)24(22-14)18-11-7-10-17(21)12-18/h4-12H,13H2,1-3H3. The van der Waals surface area contributed by atoms with Gasteiger partial charge in [-0.2, -0.15) is 5.10 Å². The molecule has 1 aromatic heterocycles. The monoisotopic (exact) mass is 337 g/mol. The topological polar surface area (TPSA) is 38.1 Å². The van der Waals surface area contributed by atoms with Crippen LogP contribution in [0.2, 0.25) is 0 Å². The Bertz CT molecular complexity index is 903. The molecule has 2 aromatic carbocycles. The quantitative estimate of drug-likeness (QED) is 0.724. The van der Waals surface area contributed by atoms with Gasteiger partial charge in [0.2, 0.25) is 0 Å². The molecule has 0 bridgehead atoms. The molecule has 0 aliphatic carbocycles. The van der Waals surface area contributed by atoms with Gasteiger partial charge in [0.1, 0.15) is 5.82 Å². The van der Waals surface area contributed by atoms with E-state index in [4.69, 9.17) is 0 Å². The van der Waals surface area contributed by atoms with E-state index in [0.717, 1.165) is 5.56 Å². The molecule has 0 saturated heterocycles. The van der Waals surface area contributed by atoms with E-state index in [-0.39, 0.29) is 11.7 Å². The van der Waals surface area contributed by atoms with E-state index in [9.17, 15) is 9.18 Å². The minimum atomic E-state index is -0.334. The van der Waals surface area contributed by atoms with Crippen LogP contribution in [0.4, 0.5) is 4.39 Å². The first-order valence-corrected chi connectivity index (χ1v) is 8.09. The van der Waals surface area contributed by atoms with Crippen molar-refractivity contribution < 1.29 is 9.18 Å². The zero-order valence-corrected chi connectivity index (χ0v) is 14.5. The number of amides is 1. The second kappa shape index (κ2) is 6.89. The lowest BCUT2D eigenvalue weighted by Gasteiger charge is -2.17. The first-order chi connectivity index (χ1) is 12.0. The lowest BCUT2D eigenvalue weighted by molar-refractivity contribution is 0.0783. The summed E-state index contributed by atoms with van der Waals surface area (Å²) < 4.78 is 15.1. The van der Waals surface area contributed by atoms with Crippen molar-refractivity contribution in [2.45, 2.75) is 20.4 Å². The maximum atomic E-state index is 13.5. The Balaban J connectivity index is 1.91. The highest BCUT2D eigenvalue weighted by Crippen LogP contribution is 2.20. The molecule has 25 heavy (non-hydrogen) atoms. The number of aryl methyl sites for hydroxylation is 1. The summed E-state index contributed by atoms with van der Waals surface area (Å²) in [6.45, 7) is 4.14. The van der Waals surface area contributed by atoms with Crippen LogP contribution in [0.5, 0.6) is 0 Å². The van der Waals surface area contributed by atoms with E-state index in [1.165, 1.54) is 12.1 Å². The first-order valence-electron chi connectivity index (χ1n) is 8.09. The van der Waals surface area contributed by atoms with Crippen molar-refractivity contribution in [2.24, 2.45) is 0 Å². The van der Waals surface area contributed by atoms with Gasteiger partial charge in [-0.3, -0.25) is 4.79 Å². The number of rotatable bonds is 4. The fraction of sp³-hybridized carbons (Fsp3) is 0.200. The zero-order chi connectivity index (χ0) is 18.0. The van der Waals surface area contributed by atoms with Gasteiger partial charge in [0.05, 0.1) is 22.6 Å². The summed E-state index contributed by atoms with van der Waals surface area (Å²) in [7, 11) is 1.77. The van der Waals surface area contributed by atoms with Gasteiger partial charge in [0, 0.05) is 13.6 Å². The molecule has 0 N–H and O–H groups in total. The van der Waals surface area contributed by atoms with Crippen molar-refractivity contribution in [3.8, 4) is 5.69 Å². The minimum absolute atomic E-state index is 0.0958. The maximum Gasteiger partial charge on any atom is 0.257 e. The highest BCUT2D eigenvalue weighted by molar-refractivity contribution is 5.96. The lowest BCUT2D eigenvalue weighted by atomic mass is 10.1. The molecular formula is C20H20FN3O. The van der Waals surface area contributed by atoms with E-state index < -0.39 is 0 Å². The second-order valence-electron chi connectivity index (χ2n) is 6.08. The highest BCUT2D eigenvalue weighted by Gasteiger charge is 2.22. The van der Waals surface area contributed by atoms with Crippen molar-refractivity contribution in [1.82, 2.24) is 14.7 Å². The zero-order valence-electron chi connectivity index (χ0n) is 14.5. The van der Waals surface area contributed by atoms with Gasteiger partial charge in [-0.25, -0.2) is 9.07 Å². The number of carbonyl (C=O) groups excluding carboxylic acids is 1. The van der Waals surface area contributed by atoms with Gasteiger partial charge in [0.15, 0.2) is 0 Å². The van der Waals surface area contributed by atoms with Gasteiger partial charge in [-0.15, -0.1) is 0 Å². The number of benzene rings is 2. The van der Waals surface area contributed by atoms with Gasteiger partial charge >= 0.3 is 0 Å². The third kappa shape index (κ3) is 3.45. The van der Waals surface area contributed by atoms with E-state index in [0.29, 0.717) is 29.2 Å². The SMILES string of the molecule is Cc1nn(-c2cccc(F)c2)c(C)c1C(=O)N(C)Cc1ccccc1. The van der Waals surface area contributed by atoms with Crippen LogP contribution in [0.25, 0.3) is 5.69 Å². The number of aromatic nitrogens is 2. The summed E-state index contributed by atoms with van der Waals surface area (Å²) in [6, 6.07) is 16.0. The predicted octanol–water partition coefficient (Wildman–Crippen LogP) is 3.90. The summed E-state index contributed by atoms with van der Waals surface area (Å²) in [4.78, 5) is 14.6. The van der Waals surface area contributed by atoms with Crippen LogP contribution in [0.1, 0.15) is 27.3 Å². The molecule has 0 aliphatic heterocycles. The average molecular weight is 337 g/mol. The molecule has 0 fully saturated rings. The highest BCUT2D eigenvalue weighted by atomic mass is 19.1. The van der Waals surface area contributed by atoms with Gasteiger partial charge in [0.25, 0.3) is 5.91 Å². The smallest absolute Gasteiger partial charge is 0.257 e. The van der Waals surface area contributed by atoms with Crippen molar-refractivity contribution in [1.29, 1.82) is 0 Å². The van der Waals surface area contributed by atoms with Crippen molar-refractivity contribution in [3.05, 3.63) is 82.9 Å². The normalized spacial score (nSPS) is 10.7. The average Bonchev–Trinajstić information content (AvgIpc) is 2.89. The molecule has 0 spiro atoms. The Morgan fingerprint density at radius 1 is 1.12 bits per heavy atom. The van der Waals surface area contributed by atoms with Crippen molar-refractivity contribution in [3.63, 3.8) is 0 Å². The summed E-state index contributed by atoms with van der Waals surface area (Å²) >= 11 is 0. The van der Waals surface area contributed by atoms with Crippen LogP contribution in [0.3, 0.4) is 0 Å². The van der Waals surface area contributed by atoms with E-state index in [1.54, 1.807) is 35.7 Å². The number of nitrogens with zero attached hydrogens (tertiary/aromatic N) is 3. The molecule has 3 rings (SSSR count). The van der Waals surface area contributed by atoms with E-state index in [2.05, 4.69) is 5.10 Å². The minimum Gasteiger partial charge on any atom is -0.337 e. The third-order valence-corrected chi connectivity index (χ3v) is 4.17.